The summed E-state index contributed by atoms with van der Waals surface area (Å²) in [4.78, 5) is 26.4. The molecular formula is C20H23N5O3. The maximum absolute atomic E-state index is 12.5. The van der Waals surface area contributed by atoms with Crippen LogP contribution in [-0.4, -0.2) is 40.7 Å². The summed E-state index contributed by atoms with van der Waals surface area (Å²) in [6, 6.07) is 9.47. The third kappa shape index (κ3) is 4.85. The average molecular weight is 381 g/mol. The molecule has 1 aromatic carbocycles. The van der Waals surface area contributed by atoms with E-state index in [2.05, 4.69) is 15.8 Å². The van der Waals surface area contributed by atoms with Crippen molar-refractivity contribution in [3.63, 3.8) is 0 Å². The van der Waals surface area contributed by atoms with E-state index >= 15 is 0 Å². The Morgan fingerprint density at radius 2 is 2.11 bits per heavy atom. The summed E-state index contributed by atoms with van der Waals surface area (Å²) < 4.78 is 5.15. The zero-order chi connectivity index (χ0) is 19.9. The highest BCUT2D eigenvalue weighted by molar-refractivity contribution is 5.95. The van der Waals surface area contributed by atoms with Gasteiger partial charge in [-0.1, -0.05) is 35.5 Å². The number of rotatable bonds is 6. The topological polar surface area (TPSA) is 111 Å². The van der Waals surface area contributed by atoms with E-state index in [4.69, 9.17) is 9.93 Å². The van der Waals surface area contributed by atoms with Crippen molar-refractivity contribution < 1.29 is 14.1 Å². The summed E-state index contributed by atoms with van der Waals surface area (Å²) in [5.41, 5.74) is 1.93. The first-order valence-electron chi connectivity index (χ1n) is 9.15. The molecule has 8 heteroatoms. The van der Waals surface area contributed by atoms with Crippen LogP contribution >= 0.6 is 0 Å². The normalized spacial score (nSPS) is 15.2. The number of amides is 2. The van der Waals surface area contributed by atoms with E-state index in [1.54, 1.807) is 24.1 Å². The number of hydrogen-bond donors (Lipinski definition) is 3. The molecule has 1 fully saturated rings. The van der Waals surface area contributed by atoms with E-state index in [9.17, 15) is 9.59 Å². The van der Waals surface area contributed by atoms with E-state index < -0.39 is 0 Å². The van der Waals surface area contributed by atoms with Gasteiger partial charge in [-0.15, -0.1) is 0 Å². The lowest BCUT2D eigenvalue weighted by atomic mass is 10.1. The van der Waals surface area contributed by atoms with Gasteiger partial charge in [-0.25, -0.2) is 0 Å². The minimum Gasteiger partial charge on any atom is -0.371 e. The fourth-order valence-electron chi connectivity index (χ4n) is 2.96. The summed E-state index contributed by atoms with van der Waals surface area (Å²) in [6.07, 6.45) is 4.09. The molecule has 3 rings (SSSR count). The molecular weight excluding hydrogens is 358 g/mol. The standard InChI is InChI=1S/C20H23N5O3/c1-14(21)12-17-22-10-5-11-25(17)19(27)9-8-18(26)24-20-16(13-23-28-20)15-6-3-2-4-7-15/h2-4,6-7,12-13,21-22H,5,8-11H2,1H3,(H,24,26)/b17-12+,21-14?. The second-order valence-corrected chi connectivity index (χ2v) is 6.52. The van der Waals surface area contributed by atoms with Crippen molar-refractivity contribution >= 4 is 23.4 Å². The van der Waals surface area contributed by atoms with Crippen LogP contribution < -0.4 is 10.6 Å². The second-order valence-electron chi connectivity index (χ2n) is 6.52. The molecule has 1 aliphatic rings. The molecule has 1 aromatic heterocycles. The number of aromatic nitrogens is 1. The first-order chi connectivity index (χ1) is 13.5. The Morgan fingerprint density at radius 3 is 2.86 bits per heavy atom. The van der Waals surface area contributed by atoms with Gasteiger partial charge in [-0.2, -0.15) is 0 Å². The molecule has 2 amide bonds. The van der Waals surface area contributed by atoms with Gasteiger partial charge >= 0.3 is 0 Å². The predicted octanol–water partition coefficient (Wildman–Crippen LogP) is 2.76. The molecule has 0 unspecified atom stereocenters. The third-order valence-corrected chi connectivity index (χ3v) is 4.28. The summed E-state index contributed by atoms with van der Waals surface area (Å²) in [7, 11) is 0. The van der Waals surface area contributed by atoms with Crippen LogP contribution in [0.25, 0.3) is 11.1 Å². The van der Waals surface area contributed by atoms with Crippen LogP contribution in [0.4, 0.5) is 5.88 Å². The number of benzene rings is 1. The number of nitrogens with one attached hydrogen (secondary N) is 3. The smallest absolute Gasteiger partial charge is 0.239 e. The largest absolute Gasteiger partial charge is 0.371 e. The van der Waals surface area contributed by atoms with Gasteiger partial charge in [0.1, 0.15) is 5.82 Å². The van der Waals surface area contributed by atoms with Crippen molar-refractivity contribution in [2.75, 3.05) is 18.4 Å². The molecule has 3 N–H and O–H groups in total. The van der Waals surface area contributed by atoms with Crippen molar-refractivity contribution in [1.82, 2.24) is 15.4 Å². The van der Waals surface area contributed by atoms with Crippen LogP contribution in [0.3, 0.4) is 0 Å². The molecule has 0 spiro atoms. The van der Waals surface area contributed by atoms with Gasteiger partial charge < -0.3 is 15.2 Å². The lowest BCUT2D eigenvalue weighted by Crippen LogP contribution is -2.43. The molecule has 0 radical (unpaired) electrons. The van der Waals surface area contributed by atoms with Crippen molar-refractivity contribution in [2.24, 2.45) is 0 Å². The van der Waals surface area contributed by atoms with Gasteiger partial charge in [0.2, 0.25) is 17.7 Å². The first kappa shape index (κ1) is 19.3. The van der Waals surface area contributed by atoms with E-state index in [0.717, 1.165) is 18.5 Å². The molecule has 146 valence electrons. The van der Waals surface area contributed by atoms with Crippen LogP contribution in [-0.2, 0) is 9.59 Å². The van der Waals surface area contributed by atoms with E-state index in [1.165, 1.54) is 0 Å². The number of anilines is 1. The zero-order valence-electron chi connectivity index (χ0n) is 15.7. The van der Waals surface area contributed by atoms with Gasteiger partial charge in [0, 0.05) is 31.6 Å². The Kier molecular flexibility index (Phi) is 6.21. The molecule has 8 nitrogen and oxygen atoms in total. The zero-order valence-corrected chi connectivity index (χ0v) is 15.7. The van der Waals surface area contributed by atoms with Gasteiger partial charge in [-0.3, -0.25) is 19.8 Å². The maximum Gasteiger partial charge on any atom is 0.239 e. The fourth-order valence-corrected chi connectivity index (χ4v) is 2.96. The van der Waals surface area contributed by atoms with Crippen LogP contribution in [0.15, 0.2) is 52.9 Å². The summed E-state index contributed by atoms with van der Waals surface area (Å²) in [5, 5.41) is 17.2. The highest BCUT2D eigenvalue weighted by Gasteiger charge is 2.22. The molecule has 0 saturated carbocycles. The number of allylic oxidation sites excluding steroid dienone is 1. The van der Waals surface area contributed by atoms with Crippen LogP contribution in [0.2, 0.25) is 0 Å². The molecule has 0 atom stereocenters. The molecule has 1 saturated heterocycles. The van der Waals surface area contributed by atoms with Crippen molar-refractivity contribution in [1.29, 1.82) is 5.41 Å². The molecule has 2 heterocycles. The second kappa shape index (κ2) is 8.98. The van der Waals surface area contributed by atoms with Crippen LogP contribution in [0.5, 0.6) is 0 Å². The molecule has 1 aliphatic heterocycles. The Bertz CT molecular complexity index is 888. The maximum atomic E-state index is 12.5. The van der Waals surface area contributed by atoms with Gasteiger partial charge in [0.15, 0.2) is 0 Å². The molecule has 0 aliphatic carbocycles. The quantitative estimate of drug-likeness (QED) is 0.666. The summed E-state index contributed by atoms with van der Waals surface area (Å²) >= 11 is 0. The minimum atomic E-state index is -0.319. The highest BCUT2D eigenvalue weighted by Crippen LogP contribution is 2.27. The third-order valence-electron chi connectivity index (χ3n) is 4.28. The summed E-state index contributed by atoms with van der Waals surface area (Å²) in [5.74, 6) is 0.408. The highest BCUT2D eigenvalue weighted by atomic mass is 16.5. The van der Waals surface area contributed by atoms with Crippen molar-refractivity contribution in [2.45, 2.75) is 26.2 Å². The Labute approximate surface area is 163 Å². The fraction of sp³-hybridized carbons (Fsp3) is 0.300. The Balaban J connectivity index is 1.58. The van der Waals surface area contributed by atoms with Crippen LogP contribution in [0.1, 0.15) is 26.2 Å². The summed E-state index contributed by atoms with van der Waals surface area (Å²) in [6.45, 7) is 2.99. The monoisotopic (exact) mass is 381 g/mol. The SMILES string of the molecule is CC(=N)/C=C1\NCCCN1C(=O)CCC(=O)Nc1oncc1-c1ccccc1. The van der Waals surface area contributed by atoms with E-state index in [-0.39, 0.29) is 30.5 Å². The lowest BCUT2D eigenvalue weighted by Gasteiger charge is -2.30. The lowest BCUT2D eigenvalue weighted by molar-refractivity contribution is -0.131. The number of nitrogens with zero attached hydrogens (tertiary/aromatic N) is 2. The Morgan fingerprint density at radius 1 is 1.32 bits per heavy atom. The predicted molar refractivity (Wildman–Crippen MR) is 106 cm³/mol. The van der Waals surface area contributed by atoms with Gasteiger partial charge in [0.05, 0.1) is 11.8 Å². The molecule has 28 heavy (non-hydrogen) atoms. The molecule has 0 bridgehead atoms. The van der Waals surface area contributed by atoms with Crippen molar-refractivity contribution in [3.8, 4) is 11.1 Å². The Hall–Kier alpha value is -3.42. The number of carbonyl (C=O) groups excluding carboxylic acids is 2. The van der Waals surface area contributed by atoms with E-state index in [1.807, 2.05) is 30.3 Å². The van der Waals surface area contributed by atoms with Crippen LogP contribution in [0, 0.1) is 5.41 Å². The number of carbonyl (C=O) groups is 2. The average Bonchev–Trinajstić information content (AvgIpc) is 3.15. The van der Waals surface area contributed by atoms with Gasteiger partial charge in [-0.05, 0) is 25.0 Å². The first-order valence-corrected chi connectivity index (χ1v) is 9.15. The van der Waals surface area contributed by atoms with E-state index in [0.29, 0.717) is 23.6 Å². The molecule has 2 aromatic rings. The van der Waals surface area contributed by atoms with Gasteiger partial charge in [0.25, 0.3) is 0 Å². The van der Waals surface area contributed by atoms with Crippen molar-refractivity contribution in [3.05, 3.63) is 48.4 Å². The minimum absolute atomic E-state index is 0.0289. The number of hydrogen-bond acceptors (Lipinski definition) is 6.